The monoisotopic (exact) mass is 252 g/mol. The van der Waals surface area contributed by atoms with Crippen molar-refractivity contribution in [3.63, 3.8) is 0 Å². The van der Waals surface area contributed by atoms with E-state index in [0.717, 1.165) is 0 Å². The summed E-state index contributed by atoms with van der Waals surface area (Å²) in [6, 6.07) is 0. The SMILES string of the molecule is CCC[N+]12CCN(CC1)CC2.O=S(=O)([O-])O. The van der Waals surface area contributed by atoms with Gasteiger partial charge >= 0.3 is 0 Å². The van der Waals surface area contributed by atoms with Crippen LogP contribution in [0.2, 0.25) is 0 Å². The fourth-order valence-electron chi connectivity index (χ4n) is 2.54. The number of hydrogen-bond acceptors (Lipinski definition) is 4. The summed E-state index contributed by atoms with van der Waals surface area (Å²) in [5.41, 5.74) is 0. The standard InChI is InChI=1S/C9H19N2.H2O4S/c1-2-6-11-7-3-10(4-8-11)5-9-11;1-5(2,3)4/h2-9H2,1H3;(H2,1,2,3,4)/q+1;/p-1. The predicted octanol–water partition coefficient (Wildman–Crippen LogP) is -0.453. The zero-order chi connectivity index (χ0) is 12.2. The molecule has 3 fully saturated rings. The maximum atomic E-state index is 8.63. The molecule has 3 heterocycles. The topological polar surface area (TPSA) is 80.7 Å². The van der Waals surface area contributed by atoms with Crippen molar-refractivity contribution in [1.29, 1.82) is 0 Å². The Morgan fingerprint density at radius 1 is 1.25 bits per heavy atom. The molecule has 0 aliphatic carbocycles. The van der Waals surface area contributed by atoms with Crippen LogP contribution in [-0.2, 0) is 10.4 Å². The smallest absolute Gasteiger partial charge is 0.215 e. The Morgan fingerprint density at radius 3 is 1.94 bits per heavy atom. The van der Waals surface area contributed by atoms with Crippen LogP contribution in [0.4, 0.5) is 0 Å². The molecule has 3 saturated heterocycles. The van der Waals surface area contributed by atoms with Crippen LogP contribution in [0.15, 0.2) is 0 Å². The first kappa shape index (κ1) is 13.9. The molecule has 1 N–H and O–H groups in total. The van der Waals surface area contributed by atoms with Gasteiger partial charge in [-0.05, 0) is 6.42 Å². The molecule has 96 valence electrons. The van der Waals surface area contributed by atoms with Gasteiger partial charge in [-0.1, -0.05) is 6.92 Å². The van der Waals surface area contributed by atoms with Gasteiger partial charge in [0.2, 0.25) is 10.4 Å². The molecule has 0 saturated carbocycles. The van der Waals surface area contributed by atoms with Gasteiger partial charge in [0, 0.05) is 19.6 Å². The minimum absolute atomic E-state index is 1.36. The Labute approximate surface area is 97.0 Å². The van der Waals surface area contributed by atoms with E-state index in [1.54, 1.807) is 0 Å². The van der Waals surface area contributed by atoms with Gasteiger partial charge in [-0.2, -0.15) is 0 Å². The molecule has 6 nitrogen and oxygen atoms in total. The maximum absolute atomic E-state index is 8.63. The molecule has 0 unspecified atom stereocenters. The van der Waals surface area contributed by atoms with Crippen molar-refractivity contribution in [2.75, 3.05) is 45.8 Å². The first-order valence-electron chi connectivity index (χ1n) is 5.60. The Balaban J connectivity index is 0.000000221. The predicted molar refractivity (Wildman–Crippen MR) is 58.8 cm³/mol. The zero-order valence-electron chi connectivity index (χ0n) is 9.63. The van der Waals surface area contributed by atoms with E-state index in [2.05, 4.69) is 11.8 Å². The quantitative estimate of drug-likeness (QED) is 0.409. The van der Waals surface area contributed by atoms with Crippen LogP contribution in [-0.4, -0.2) is 72.7 Å². The van der Waals surface area contributed by atoms with E-state index in [0.29, 0.717) is 0 Å². The van der Waals surface area contributed by atoms with Gasteiger partial charge in [0.25, 0.3) is 0 Å². The van der Waals surface area contributed by atoms with Gasteiger partial charge in [-0.3, -0.25) is 9.45 Å². The summed E-state index contributed by atoms with van der Waals surface area (Å²) in [6.45, 7) is 12.1. The molecule has 0 aromatic carbocycles. The van der Waals surface area contributed by atoms with Crippen LogP contribution in [0.5, 0.6) is 0 Å². The summed E-state index contributed by atoms with van der Waals surface area (Å²) in [5.74, 6) is 0. The Hall–Kier alpha value is -0.210. The zero-order valence-corrected chi connectivity index (χ0v) is 10.4. The molecule has 7 heteroatoms. The second-order valence-corrected chi connectivity index (χ2v) is 5.36. The first-order chi connectivity index (χ1) is 7.35. The highest BCUT2D eigenvalue weighted by Crippen LogP contribution is 2.19. The number of fused-ring (bicyclic) bond motifs is 3. The minimum Gasteiger partial charge on any atom is -0.726 e. The number of piperazine rings is 3. The van der Waals surface area contributed by atoms with E-state index in [4.69, 9.17) is 17.5 Å². The van der Waals surface area contributed by atoms with Crippen LogP contribution < -0.4 is 0 Å². The Bertz CT molecular complexity index is 282. The lowest BCUT2D eigenvalue weighted by molar-refractivity contribution is -0.941. The van der Waals surface area contributed by atoms with Gasteiger partial charge in [-0.15, -0.1) is 0 Å². The van der Waals surface area contributed by atoms with E-state index in [1.165, 1.54) is 56.7 Å². The average molecular weight is 252 g/mol. The fraction of sp³-hybridized carbons (Fsp3) is 1.00. The van der Waals surface area contributed by atoms with Crippen LogP contribution in [0.25, 0.3) is 0 Å². The highest BCUT2D eigenvalue weighted by Gasteiger charge is 2.37. The lowest BCUT2D eigenvalue weighted by Crippen LogP contribution is -2.67. The van der Waals surface area contributed by atoms with Crippen LogP contribution in [0.1, 0.15) is 13.3 Å². The molecule has 3 aliphatic heterocycles. The molecule has 0 spiro atoms. The van der Waals surface area contributed by atoms with Gasteiger partial charge in [0.15, 0.2) is 0 Å². The molecule has 0 aromatic rings. The van der Waals surface area contributed by atoms with E-state index < -0.39 is 10.4 Å². The highest BCUT2D eigenvalue weighted by molar-refractivity contribution is 7.79. The van der Waals surface area contributed by atoms with E-state index in [9.17, 15) is 0 Å². The summed E-state index contributed by atoms with van der Waals surface area (Å²) in [6.07, 6.45) is 1.36. The van der Waals surface area contributed by atoms with Crippen molar-refractivity contribution in [1.82, 2.24) is 4.90 Å². The molecule has 0 amide bonds. The van der Waals surface area contributed by atoms with Gasteiger partial charge < -0.3 is 9.04 Å². The number of nitrogens with zero attached hydrogens (tertiary/aromatic N) is 2. The van der Waals surface area contributed by atoms with Gasteiger partial charge in [-0.25, -0.2) is 8.42 Å². The number of rotatable bonds is 2. The second-order valence-electron chi connectivity index (χ2n) is 4.51. The van der Waals surface area contributed by atoms with E-state index in [-0.39, 0.29) is 0 Å². The molecule has 0 radical (unpaired) electrons. The first-order valence-corrected chi connectivity index (χ1v) is 6.97. The Morgan fingerprint density at radius 2 is 1.62 bits per heavy atom. The fourth-order valence-corrected chi connectivity index (χ4v) is 2.54. The van der Waals surface area contributed by atoms with Crippen molar-refractivity contribution < 1.29 is 22.0 Å². The average Bonchev–Trinajstić information content (AvgIpc) is 2.18. The summed E-state index contributed by atoms with van der Waals surface area (Å²) in [5, 5.41) is 0. The number of hydrogen-bond donors (Lipinski definition) is 1. The van der Waals surface area contributed by atoms with Crippen molar-refractivity contribution in [3.8, 4) is 0 Å². The third-order valence-corrected chi connectivity index (χ3v) is 3.37. The van der Waals surface area contributed by atoms with Crippen LogP contribution in [0, 0.1) is 0 Å². The van der Waals surface area contributed by atoms with E-state index >= 15 is 0 Å². The summed E-state index contributed by atoms with van der Waals surface area (Å²) in [4.78, 5) is 2.61. The maximum Gasteiger partial charge on any atom is 0.215 e. The summed E-state index contributed by atoms with van der Waals surface area (Å²) >= 11 is 0. The molecule has 3 aliphatic rings. The third-order valence-electron chi connectivity index (χ3n) is 3.37. The lowest BCUT2D eigenvalue weighted by Gasteiger charge is -2.50. The van der Waals surface area contributed by atoms with Gasteiger partial charge in [0.1, 0.15) is 0 Å². The molecule has 2 bridgehead atoms. The van der Waals surface area contributed by atoms with Crippen LogP contribution in [0.3, 0.4) is 0 Å². The van der Waals surface area contributed by atoms with Crippen molar-refractivity contribution in [2.45, 2.75) is 13.3 Å². The van der Waals surface area contributed by atoms with Crippen LogP contribution >= 0.6 is 0 Å². The van der Waals surface area contributed by atoms with E-state index in [1.807, 2.05) is 0 Å². The largest absolute Gasteiger partial charge is 0.726 e. The van der Waals surface area contributed by atoms with Crippen molar-refractivity contribution >= 4 is 10.4 Å². The number of quaternary nitrogens is 1. The molecule has 0 atom stereocenters. The molecule has 3 rings (SSSR count). The molecule has 16 heavy (non-hydrogen) atoms. The highest BCUT2D eigenvalue weighted by atomic mass is 32.3. The van der Waals surface area contributed by atoms with Crippen molar-refractivity contribution in [2.24, 2.45) is 0 Å². The third kappa shape index (κ3) is 4.75. The molecular weight excluding hydrogens is 232 g/mol. The van der Waals surface area contributed by atoms with Crippen molar-refractivity contribution in [3.05, 3.63) is 0 Å². The second kappa shape index (κ2) is 5.42. The summed E-state index contributed by atoms with van der Waals surface area (Å²) < 4.78 is 34.3. The minimum atomic E-state index is -4.92. The Kier molecular flexibility index (Phi) is 4.69. The molecular formula is C9H20N2O4S. The lowest BCUT2D eigenvalue weighted by atomic mass is 10.1. The van der Waals surface area contributed by atoms with Gasteiger partial charge in [0.05, 0.1) is 26.2 Å². The normalized spacial score (nSPS) is 33.1. The summed E-state index contributed by atoms with van der Waals surface area (Å²) in [7, 11) is -4.92. The molecule has 0 aromatic heterocycles.